The normalized spacial score (nSPS) is 25.2. The molecule has 4 aliphatic rings. The van der Waals surface area contributed by atoms with Crippen LogP contribution in [0.4, 0.5) is 4.79 Å². The summed E-state index contributed by atoms with van der Waals surface area (Å²) < 4.78 is 5.27. The number of piperidine rings is 1. The molecule has 0 aromatic heterocycles. The van der Waals surface area contributed by atoms with Crippen molar-refractivity contribution in [3.05, 3.63) is 65.7 Å². The summed E-state index contributed by atoms with van der Waals surface area (Å²) >= 11 is 0. The standard InChI is InChI=1S/C33H44N4O4/c1-40-29-13-11-25(12-14-29)21-36-20-17-33(31(36)38)15-18-35(19-16-33)22-27-23-37(24-30(27)26-7-3-2-4-8-26)41-32(39)34-28-9-5-6-10-28/h2-4,7-8,11-14,27-28,30H,5-6,9-10,15-24H2,1H3,(H,34,39)/t27-,30+/m0/s1. The van der Waals surface area contributed by atoms with Crippen molar-refractivity contribution in [1.29, 1.82) is 0 Å². The Morgan fingerprint density at radius 3 is 2.37 bits per heavy atom. The van der Waals surface area contributed by atoms with E-state index in [4.69, 9.17) is 9.57 Å². The Bertz CT molecular complexity index is 1180. The molecule has 1 saturated carbocycles. The lowest BCUT2D eigenvalue weighted by molar-refractivity contribution is -0.139. The van der Waals surface area contributed by atoms with Crippen LogP contribution < -0.4 is 10.1 Å². The van der Waals surface area contributed by atoms with Crippen molar-refractivity contribution in [2.45, 2.75) is 63.5 Å². The van der Waals surface area contributed by atoms with Gasteiger partial charge in [-0.3, -0.25) is 4.79 Å². The van der Waals surface area contributed by atoms with Crippen molar-refractivity contribution in [2.24, 2.45) is 11.3 Å². The van der Waals surface area contributed by atoms with Gasteiger partial charge in [0.1, 0.15) is 5.75 Å². The zero-order valence-electron chi connectivity index (χ0n) is 24.3. The monoisotopic (exact) mass is 560 g/mol. The number of amides is 2. The molecule has 220 valence electrons. The highest BCUT2D eigenvalue weighted by molar-refractivity contribution is 5.85. The van der Waals surface area contributed by atoms with Crippen molar-refractivity contribution in [3.8, 4) is 5.75 Å². The lowest BCUT2D eigenvalue weighted by Gasteiger charge is -2.39. The molecule has 3 saturated heterocycles. The number of carbonyl (C=O) groups excluding carboxylic acids is 2. The van der Waals surface area contributed by atoms with Crippen molar-refractivity contribution < 1.29 is 19.2 Å². The number of rotatable bonds is 8. The van der Waals surface area contributed by atoms with Gasteiger partial charge in [0, 0.05) is 44.7 Å². The third kappa shape index (κ3) is 6.38. The molecule has 2 aromatic carbocycles. The van der Waals surface area contributed by atoms with Gasteiger partial charge in [-0.2, -0.15) is 0 Å². The van der Waals surface area contributed by atoms with E-state index in [9.17, 15) is 9.59 Å². The minimum atomic E-state index is -0.316. The van der Waals surface area contributed by atoms with Crippen LogP contribution in [0.2, 0.25) is 0 Å². The molecule has 6 rings (SSSR count). The molecule has 2 amide bonds. The summed E-state index contributed by atoms with van der Waals surface area (Å²) in [6.07, 6.45) is 6.90. The van der Waals surface area contributed by atoms with Crippen LogP contribution >= 0.6 is 0 Å². The average Bonchev–Trinajstić information content (AvgIpc) is 3.72. The summed E-state index contributed by atoms with van der Waals surface area (Å²) in [5.41, 5.74) is 2.23. The summed E-state index contributed by atoms with van der Waals surface area (Å²) in [5.74, 6) is 1.82. The van der Waals surface area contributed by atoms with Crippen molar-refractivity contribution in [3.63, 3.8) is 0 Å². The van der Waals surface area contributed by atoms with Crippen LogP contribution in [0.25, 0.3) is 0 Å². The van der Waals surface area contributed by atoms with Crippen LogP contribution in [0, 0.1) is 11.3 Å². The van der Waals surface area contributed by atoms with Gasteiger partial charge < -0.3 is 24.7 Å². The maximum Gasteiger partial charge on any atom is 0.426 e. The third-order valence-corrected chi connectivity index (χ3v) is 9.96. The van der Waals surface area contributed by atoms with Gasteiger partial charge in [0.15, 0.2) is 0 Å². The molecule has 3 aliphatic heterocycles. The topological polar surface area (TPSA) is 74.3 Å². The van der Waals surface area contributed by atoms with Gasteiger partial charge in [-0.25, -0.2) is 4.79 Å². The predicted octanol–water partition coefficient (Wildman–Crippen LogP) is 4.81. The second-order valence-corrected chi connectivity index (χ2v) is 12.5. The smallest absolute Gasteiger partial charge is 0.426 e. The van der Waals surface area contributed by atoms with Gasteiger partial charge >= 0.3 is 6.09 Å². The summed E-state index contributed by atoms with van der Waals surface area (Å²) in [6.45, 7) is 5.76. The van der Waals surface area contributed by atoms with Crippen LogP contribution in [0.1, 0.15) is 62.0 Å². The Morgan fingerprint density at radius 2 is 1.66 bits per heavy atom. The zero-order valence-corrected chi connectivity index (χ0v) is 24.3. The van der Waals surface area contributed by atoms with Crippen molar-refractivity contribution in [2.75, 3.05) is 46.4 Å². The number of carbonyl (C=O) groups is 2. The molecule has 0 unspecified atom stereocenters. The van der Waals surface area contributed by atoms with Crippen LogP contribution in [0.15, 0.2) is 54.6 Å². The van der Waals surface area contributed by atoms with E-state index in [1.807, 2.05) is 22.1 Å². The van der Waals surface area contributed by atoms with E-state index in [2.05, 4.69) is 52.7 Å². The highest BCUT2D eigenvalue weighted by Gasteiger charge is 2.48. The van der Waals surface area contributed by atoms with E-state index in [0.29, 0.717) is 30.8 Å². The first-order valence-corrected chi connectivity index (χ1v) is 15.4. The Morgan fingerprint density at radius 1 is 0.951 bits per heavy atom. The molecule has 8 heteroatoms. The fraction of sp³-hybridized carbons (Fsp3) is 0.576. The van der Waals surface area contributed by atoms with E-state index in [-0.39, 0.29) is 17.6 Å². The number of hydrogen-bond acceptors (Lipinski definition) is 6. The Labute approximate surface area is 243 Å². The Balaban J connectivity index is 1.04. The number of benzene rings is 2. The number of hydroxylamine groups is 2. The third-order valence-electron chi connectivity index (χ3n) is 9.96. The van der Waals surface area contributed by atoms with Gasteiger partial charge in [0.2, 0.25) is 5.91 Å². The molecule has 41 heavy (non-hydrogen) atoms. The molecular formula is C33H44N4O4. The second-order valence-electron chi connectivity index (χ2n) is 12.5. The molecule has 0 bridgehead atoms. The number of ether oxygens (including phenoxy) is 1. The maximum atomic E-state index is 13.6. The van der Waals surface area contributed by atoms with Gasteiger partial charge in [0.25, 0.3) is 0 Å². The molecular weight excluding hydrogens is 516 g/mol. The fourth-order valence-corrected chi connectivity index (χ4v) is 7.50. The van der Waals surface area contributed by atoms with E-state index in [1.54, 1.807) is 7.11 Å². The lowest BCUT2D eigenvalue weighted by atomic mass is 9.76. The number of hydrogen-bond donors (Lipinski definition) is 1. The molecule has 2 aromatic rings. The van der Waals surface area contributed by atoms with Crippen LogP contribution in [0.3, 0.4) is 0 Å². The summed E-state index contributed by atoms with van der Waals surface area (Å²) in [7, 11) is 1.67. The lowest BCUT2D eigenvalue weighted by Crippen LogP contribution is -2.46. The molecule has 1 N–H and O–H groups in total. The van der Waals surface area contributed by atoms with Crippen LogP contribution in [-0.2, 0) is 16.2 Å². The molecule has 8 nitrogen and oxygen atoms in total. The van der Waals surface area contributed by atoms with Crippen molar-refractivity contribution >= 4 is 12.0 Å². The van der Waals surface area contributed by atoms with Gasteiger partial charge in [-0.15, -0.1) is 5.06 Å². The summed E-state index contributed by atoms with van der Waals surface area (Å²) in [6, 6.07) is 18.9. The molecule has 2 atom stereocenters. The number of methoxy groups -OCH3 is 1. The quantitative estimate of drug-likeness (QED) is 0.500. The Hall–Kier alpha value is -3.10. The van der Waals surface area contributed by atoms with Gasteiger partial charge in [-0.1, -0.05) is 55.3 Å². The first-order chi connectivity index (χ1) is 20.0. The SMILES string of the molecule is COc1ccc(CN2CCC3(CCN(C[C@H]4CN(OC(=O)NC5CCCC5)C[C@@H]4c4ccccc4)CC3)C2=O)cc1. The van der Waals surface area contributed by atoms with Gasteiger partial charge in [-0.05, 0) is 74.4 Å². The molecule has 3 heterocycles. The highest BCUT2D eigenvalue weighted by Crippen LogP contribution is 2.43. The number of likely N-dealkylation sites (tertiary alicyclic amines) is 2. The Kier molecular flexibility index (Phi) is 8.49. The maximum absolute atomic E-state index is 13.6. The predicted molar refractivity (Wildman–Crippen MR) is 157 cm³/mol. The van der Waals surface area contributed by atoms with Gasteiger partial charge in [0.05, 0.1) is 12.5 Å². The average molecular weight is 561 g/mol. The highest BCUT2D eigenvalue weighted by atomic mass is 16.7. The molecule has 1 aliphatic carbocycles. The molecule has 0 radical (unpaired) electrons. The first kappa shape index (κ1) is 28.0. The van der Waals surface area contributed by atoms with E-state index in [0.717, 1.165) is 76.1 Å². The number of nitrogens with zero attached hydrogens (tertiary/aromatic N) is 3. The van der Waals surface area contributed by atoms with Crippen molar-refractivity contribution in [1.82, 2.24) is 20.2 Å². The largest absolute Gasteiger partial charge is 0.497 e. The van der Waals surface area contributed by atoms with E-state index in [1.165, 1.54) is 18.4 Å². The zero-order chi connectivity index (χ0) is 28.2. The van der Waals surface area contributed by atoms with E-state index < -0.39 is 0 Å². The second kappa shape index (κ2) is 12.4. The van der Waals surface area contributed by atoms with Crippen LogP contribution in [-0.4, -0.2) is 79.3 Å². The summed E-state index contributed by atoms with van der Waals surface area (Å²) in [4.78, 5) is 36.6. The summed E-state index contributed by atoms with van der Waals surface area (Å²) in [5, 5.41) is 4.93. The van der Waals surface area contributed by atoms with Crippen LogP contribution in [0.5, 0.6) is 5.75 Å². The number of nitrogens with one attached hydrogen (secondary N) is 1. The van der Waals surface area contributed by atoms with E-state index >= 15 is 0 Å². The molecule has 4 fully saturated rings. The first-order valence-electron chi connectivity index (χ1n) is 15.4. The minimum Gasteiger partial charge on any atom is -0.497 e. The minimum absolute atomic E-state index is 0.217. The molecule has 1 spiro atoms. The fourth-order valence-electron chi connectivity index (χ4n) is 7.50.